The van der Waals surface area contributed by atoms with E-state index in [9.17, 15) is 4.79 Å². The number of ether oxygens (including phenoxy) is 3. The van der Waals surface area contributed by atoms with E-state index in [-0.39, 0.29) is 12.6 Å². The Hall–Kier alpha value is -2.77. The highest BCUT2D eigenvalue weighted by Gasteiger charge is 2.08. The van der Waals surface area contributed by atoms with Crippen molar-refractivity contribution in [2.24, 2.45) is 21.7 Å². The summed E-state index contributed by atoms with van der Waals surface area (Å²) < 4.78 is 15.3. The predicted octanol–water partition coefficient (Wildman–Crippen LogP) is 0.244. The van der Waals surface area contributed by atoms with Crippen LogP contribution in [0.25, 0.3) is 0 Å². The van der Waals surface area contributed by atoms with E-state index in [4.69, 9.17) is 25.7 Å². The molecule has 0 saturated carbocycles. The van der Waals surface area contributed by atoms with Crippen LogP contribution in [0.4, 0.5) is 0 Å². The van der Waals surface area contributed by atoms with Crippen LogP contribution in [0.3, 0.4) is 0 Å². The highest BCUT2D eigenvalue weighted by Crippen LogP contribution is 2.27. The standard InChI is InChI=1S/C13H18N4O4/c1-3-20-12(18)8-21-11-6-9(4-5-10(11)19-2)7-16-17-13(14)15/h4-7H,3,8H2,1-2H3,(H4,14,15,17). The highest BCUT2D eigenvalue weighted by atomic mass is 16.6. The van der Waals surface area contributed by atoms with E-state index in [0.717, 1.165) is 0 Å². The Kier molecular flexibility index (Phi) is 6.52. The Bertz CT molecular complexity index is 539. The lowest BCUT2D eigenvalue weighted by Crippen LogP contribution is -2.21. The maximum Gasteiger partial charge on any atom is 0.344 e. The van der Waals surface area contributed by atoms with Crippen molar-refractivity contribution in [1.29, 1.82) is 0 Å². The number of benzene rings is 1. The molecule has 21 heavy (non-hydrogen) atoms. The van der Waals surface area contributed by atoms with Gasteiger partial charge in [0.2, 0.25) is 5.96 Å². The molecule has 0 atom stereocenters. The number of hydrogen-bond acceptors (Lipinski definition) is 6. The first-order valence-corrected chi connectivity index (χ1v) is 6.15. The third kappa shape index (κ3) is 5.81. The van der Waals surface area contributed by atoms with Crippen LogP contribution in [0, 0.1) is 0 Å². The Labute approximate surface area is 122 Å². The summed E-state index contributed by atoms with van der Waals surface area (Å²) in [7, 11) is 1.50. The molecule has 0 aliphatic heterocycles. The van der Waals surface area contributed by atoms with E-state index in [2.05, 4.69) is 10.2 Å². The second-order valence-corrected chi connectivity index (χ2v) is 3.77. The fraction of sp³-hybridized carbons (Fsp3) is 0.308. The molecule has 1 aromatic carbocycles. The van der Waals surface area contributed by atoms with Crippen molar-refractivity contribution in [1.82, 2.24) is 0 Å². The molecule has 0 fully saturated rings. The SMILES string of the molecule is CCOC(=O)COc1cc(C=NN=C(N)N)ccc1OC. The fourth-order valence-corrected chi connectivity index (χ4v) is 1.39. The van der Waals surface area contributed by atoms with Crippen molar-refractivity contribution in [2.75, 3.05) is 20.3 Å². The molecule has 4 N–H and O–H groups in total. The summed E-state index contributed by atoms with van der Waals surface area (Å²) >= 11 is 0. The number of carbonyl (C=O) groups excluding carboxylic acids is 1. The maximum absolute atomic E-state index is 11.3. The second kappa shape index (κ2) is 8.41. The molecule has 114 valence electrons. The third-order valence-electron chi connectivity index (χ3n) is 2.22. The molecule has 0 saturated heterocycles. The summed E-state index contributed by atoms with van der Waals surface area (Å²) in [6, 6.07) is 5.06. The summed E-state index contributed by atoms with van der Waals surface area (Å²) in [6.07, 6.45) is 1.44. The number of hydrogen-bond donors (Lipinski definition) is 2. The Balaban J connectivity index is 2.82. The Morgan fingerprint density at radius 3 is 2.71 bits per heavy atom. The van der Waals surface area contributed by atoms with Gasteiger partial charge in [0, 0.05) is 0 Å². The molecule has 0 unspecified atom stereocenters. The summed E-state index contributed by atoms with van der Waals surface area (Å²) in [6.45, 7) is 1.81. The summed E-state index contributed by atoms with van der Waals surface area (Å²) in [5.41, 5.74) is 11.0. The molecule has 0 aromatic heterocycles. The van der Waals surface area contributed by atoms with E-state index in [1.54, 1.807) is 25.1 Å². The molecule has 0 radical (unpaired) electrons. The molecule has 8 nitrogen and oxygen atoms in total. The molecule has 1 rings (SSSR count). The van der Waals surface area contributed by atoms with Crippen molar-refractivity contribution < 1.29 is 19.0 Å². The molecule has 8 heteroatoms. The highest BCUT2D eigenvalue weighted by molar-refractivity contribution is 5.82. The monoisotopic (exact) mass is 294 g/mol. The smallest absolute Gasteiger partial charge is 0.344 e. The number of guanidine groups is 1. The van der Waals surface area contributed by atoms with Crippen LogP contribution in [0.15, 0.2) is 28.4 Å². The third-order valence-corrected chi connectivity index (χ3v) is 2.22. The zero-order valence-electron chi connectivity index (χ0n) is 11.9. The number of carbonyl (C=O) groups is 1. The second-order valence-electron chi connectivity index (χ2n) is 3.77. The van der Waals surface area contributed by atoms with Crippen molar-refractivity contribution in [3.05, 3.63) is 23.8 Å². The van der Waals surface area contributed by atoms with Gasteiger partial charge in [-0.15, -0.1) is 5.10 Å². The zero-order valence-corrected chi connectivity index (χ0v) is 11.9. The lowest BCUT2D eigenvalue weighted by molar-refractivity contribution is -0.145. The van der Waals surface area contributed by atoms with Crippen molar-refractivity contribution in [3.63, 3.8) is 0 Å². The molecule has 0 heterocycles. The molecular weight excluding hydrogens is 276 g/mol. The average molecular weight is 294 g/mol. The van der Waals surface area contributed by atoms with Crippen LogP contribution in [-0.2, 0) is 9.53 Å². The lowest BCUT2D eigenvalue weighted by Gasteiger charge is -2.10. The van der Waals surface area contributed by atoms with Gasteiger partial charge in [-0.2, -0.15) is 5.10 Å². The van der Waals surface area contributed by atoms with Crippen LogP contribution in [0.2, 0.25) is 0 Å². The van der Waals surface area contributed by atoms with Crippen molar-refractivity contribution in [2.45, 2.75) is 6.92 Å². The molecule has 0 amide bonds. The summed E-state index contributed by atoms with van der Waals surface area (Å²) in [5.74, 6) is 0.273. The van der Waals surface area contributed by atoms with E-state index in [1.165, 1.54) is 13.3 Å². The first kappa shape index (κ1) is 16.3. The lowest BCUT2D eigenvalue weighted by atomic mass is 10.2. The van der Waals surface area contributed by atoms with Gasteiger partial charge in [0.15, 0.2) is 18.1 Å². The largest absolute Gasteiger partial charge is 0.493 e. The number of methoxy groups -OCH3 is 1. The van der Waals surface area contributed by atoms with Gasteiger partial charge >= 0.3 is 5.97 Å². The average Bonchev–Trinajstić information content (AvgIpc) is 2.45. The van der Waals surface area contributed by atoms with Gasteiger partial charge in [0.1, 0.15) is 0 Å². The quantitative estimate of drug-likeness (QED) is 0.321. The van der Waals surface area contributed by atoms with E-state index in [1.807, 2.05) is 0 Å². The molecule has 0 spiro atoms. The Morgan fingerprint density at radius 2 is 2.10 bits per heavy atom. The first-order chi connectivity index (χ1) is 10.1. The van der Waals surface area contributed by atoms with E-state index < -0.39 is 5.97 Å². The van der Waals surface area contributed by atoms with E-state index in [0.29, 0.717) is 23.7 Å². The zero-order chi connectivity index (χ0) is 15.7. The topological polar surface area (TPSA) is 122 Å². The Morgan fingerprint density at radius 1 is 1.33 bits per heavy atom. The molecule has 0 aliphatic carbocycles. The van der Waals surface area contributed by atoms with Gasteiger partial charge in [0.25, 0.3) is 0 Å². The number of esters is 1. The van der Waals surface area contributed by atoms with Crippen LogP contribution in [0.1, 0.15) is 12.5 Å². The minimum absolute atomic E-state index is 0.140. The van der Waals surface area contributed by atoms with E-state index >= 15 is 0 Å². The molecule has 1 aromatic rings. The fourth-order valence-electron chi connectivity index (χ4n) is 1.39. The molecule has 0 aliphatic rings. The van der Waals surface area contributed by atoms with Crippen LogP contribution >= 0.6 is 0 Å². The van der Waals surface area contributed by atoms with Crippen LogP contribution in [0.5, 0.6) is 11.5 Å². The van der Waals surface area contributed by atoms with Crippen LogP contribution < -0.4 is 20.9 Å². The number of rotatable bonds is 7. The van der Waals surface area contributed by atoms with Gasteiger partial charge in [-0.05, 0) is 30.7 Å². The molecular formula is C13H18N4O4. The predicted molar refractivity (Wildman–Crippen MR) is 78.5 cm³/mol. The van der Waals surface area contributed by atoms with Gasteiger partial charge in [-0.1, -0.05) is 0 Å². The van der Waals surface area contributed by atoms with Crippen molar-refractivity contribution >= 4 is 18.1 Å². The maximum atomic E-state index is 11.3. The molecule has 0 bridgehead atoms. The van der Waals surface area contributed by atoms with Gasteiger partial charge < -0.3 is 25.7 Å². The normalized spacial score (nSPS) is 10.2. The first-order valence-electron chi connectivity index (χ1n) is 6.15. The summed E-state index contributed by atoms with van der Waals surface area (Å²) in [5, 5.41) is 7.17. The van der Waals surface area contributed by atoms with Crippen LogP contribution in [-0.4, -0.2) is 38.5 Å². The minimum atomic E-state index is -0.459. The minimum Gasteiger partial charge on any atom is -0.493 e. The summed E-state index contributed by atoms with van der Waals surface area (Å²) in [4.78, 5) is 11.3. The number of nitrogens with zero attached hydrogens (tertiary/aromatic N) is 2. The van der Waals surface area contributed by atoms with Crippen molar-refractivity contribution in [3.8, 4) is 11.5 Å². The van der Waals surface area contributed by atoms with Gasteiger partial charge in [0.05, 0.1) is 19.9 Å². The number of nitrogens with two attached hydrogens (primary N) is 2. The van der Waals surface area contributed by atoms with Gasteiger partial charge in [-0.25, -0.2) is 4.79 Å². The van der Waals surface area contributed by atoms with Gasteiger partial charge in [-0.3, -0.25) is 0 Å².